The first-order valence-corrected chi connectivity index (χ1v) is 6.16. The molecule has 0 atom stereocenters. The molecule has 0 saturated heterocycles. The van der Waals surface area contributed by atoms with Gasteiger partial charge in [-0.15, -0.1) is 6.58 Å². The van der Waals surface area contributed by atoms with E-state index in [1.807, 2.05) is 6.08 Å². The fourth-order valence-corrected chi connectivity index (χ4v) is 1.75. The summed E-state index contributed by atoms with van der Waals surface area (Å²) in [6.45, 7) is 10.1. The Morgan fingerprint density at radius 1 is 1.19 bits per heavy atom. The van der Waals surface area contributed by atoms with E-state index < -0.39 is 0 Å². The molecule has 0 bridgehead atoms. The maximum Gasteiger partial charge on any atom is -0.0230 e. The summed E-state index contributed by atoms with van der Waals surface area (Å²) in [6.07, 6.45) is 7.72. The number of rotatable bonds is 7. The molecular formula is C16H22. The average Bonchev–Trinajstić information content (AvgIpc) is 2.34. The lowest BCUT2D eigenvalue weighted by molar-refractivity contribution is 0.771. The van der Waals surface area contributed by atoms with Crippen molar-refractivity contribution >= 4 is 5.57 Å². The van der Waals surface area contributed by atoms with Crippen molar-refractivity contribution in [2.24, 2.45) is 0 Å². The van der Waals surface area contributed by atoms with Crippen LogP contribution in [-0.2, 0) is 6.42 Å². The molecular weight excluding hydrogens is 192 g/mol. The first-order chi connectivity index (χ1) is 7.77. The van der Waals surface area contributed by atoms with Gasteiger partial charge in [0.1, 0.15) is 0 Å². The molecule has 0 aliphatic rings. The second-order valence-corrected chi connectivity index (χ2v) is 4.19. The van der Waals surface area contributed by atoms with Gasteiger partial charge in [-0.3, -0.25) is 0 Å². The molecule has 0 heterocycles. The Bertz CT molecular complexity index is 330. The summed E-state index contributed by atoms with van der Waals surface area (Å²) in [4.78, 5) is 0. The van der Waals surface area contributed by atoms with Crippen molar-refractivity contribution in [3.63, 3.8) is 0 Å². The molecule has 16 heavy (non-hydrogen) atoms. The van der Waals surface area contributed by atoms with Crippen molar-refractivity contribution in [2.75, 3.05) is 0 Å². The van der Waals surface area contributed by atoms with Crippen molar-refractivity contribution < 1.29 is 0 Å². The predicted octanol–water partition coefficient (Wildman–Crippen LogP) is 5.01. The van der Waals surface area contributed by atoms with Gasteiger partial charge in [0.05, 0.1) is 0 Å². The van der Waals surface area contributed by atoms with Gasteiger partial charge in [0.15, 0.2) is 0 Å². The zero-order valence-electron chi connectivity index (χ0n) is 10.3. The second-order valence-electron chi connectivity index (χ2n) is 4.19. The van der Waals surface area contributed by atoms with Gasteiger partial charge in [0.25, 0.3) is 0 Å². The van der Waals surface area contributed by atoms with Crippen LogP contribution in [0.5, 0.6) is 0 Å². The normalized spacial score (nSPS) is 10.1. The Morgan fingerprint density at radius 3 is 2.44 bits per heavy atom. The molecule has 0 nitrogen and oxygen atoms in total. The van der Waals surface area contributed by atoms with E-state index in [1.54, 1.807) is 0 Å². The van der Waals surface area contributed by atoms with Crippen molar-refractivity contribution in [3.8, 4) is 0 Å². The van der Waals surface area contributed by atoms with Crippen molar-refractivity contribution in [2.45, 2.75) is 39.0 Å². The summed E-state index contributed by atoms with van der Waals surface area (Å²) in [5.74, 6) is 0. The van der Waals surface area contributed by atoms with Crippen LogP contribution in [0.3, 0.4) is 0 Å². The predicted molar refractivity (Wildman–Crippen MR) is 73.5 cm³/mol. The summed E-state index contributed by atoms with van der Waals surface area (Å²) >= 11 is 0. The lowest BCUT2D eigenvalue weighted by Gasteiger charge is -2.06. The van der Waals surface area contributed by atoms with Gasteiger partial charge in [-0.25, -0.2) is 0 Å². The van der Waals surface area contributed by atoms with E-state index in [0.29, 0.717) is 0 Å². The van der Waals surface area contributed by atoms with Crippen LogP contribution >= 0.6 is 0 Å². The second kappa shape index (κ2) is 7.05. The maximum atomic E-state index is 4.15. The van der Waals surface area contributed by atoms with E-state index in [0.717, 1.165) is 19.3 Å². The Morgan fingerprint density at radius 2 is 1.88 bits per heavy atom. The molecule has 0 saturated carbocycles. The van der Waals surface area contributed by atoms with Crippen LogP contribution in [-0.4, -0.2) is 0 Å². The van der Waals surface area contributed by atoms with Gasteiger partial charge < -0.3 is 0 Å². The summed E-state index contributed by atoms with van der Waals surface area (Å²) in [5, 5.41) is 0. The molecule has 1 aromatic carbocycles. The van der Waals surface area contributed by atoms with Crippen LogP contribution in [0.25, 0.3) is 5.57 Å². The number of allylic oxidation sites excluding steroid dienone is 2. The third-order valence-electron chi connectivity index (χ3n) is 2.91. The monoisotopic (exact) mass is 214 g/mol. The summed E-state index contributed by atoms with van der Waals surface area (Å²) in [7, 11) is 0. The molecule has 1 aromatic rings. The molecule has 0 unspecified atom stereocenters. The highest BCUT2D eigenvalue weighted by atomic mass is 14.0. The maximum absolute atomic E-state index is 4.15. The van der Waals surface area contributed by atoms with Crippen LogP contribution in [0.15, 0.2) is 43.5 Å². The van der Waals surface area contributed by atoms with E-state index in [2.05, 4.69) is 44.3 Å². The summed E-state index contributed by atoms with van der Waals surface area (Å²) < 4.78 is 0. The molecule has 1 rings (SSSR count). The van der Waals surface area contributed by atoms with Crippen LogP contribution in [0.2, 0.25) is 0 Å². The largest absolute Gasteiger partial charge is 0.103 e. The minimum Gasteiger partial charge on any atom is -0.103 e. The first kappa shape index (κ1) is 12.8. The number of unbranched alkanes of at least 4 members (excludes halogenated alkanes) is 2. The van der Waals surface area contributed by atoms with Crippen molar-refractivity contribution in [3.05, 3.63) is 54.6 Å². The topological polar surface area (TPSA) is 0 Å². The smallest absolute Gasteiger partial charge is 0.0230 e. The Balaban J connectivity index is 2.43. The van der Waals surface area contributed by atoms with Crippen LogP contribution < -0.4 is 0 Å². The molecule has 0 radical (unpaired) electrons. The van der Waals surface area contributed by atoms with Crippen LogP contribution in [0.1, 0.15) is 43.7 Å². The lowest BCUT2D eigenvalue weighted by atomic mass is 9.99. The van der Waals surface area contributed by atoms with E-state index in [9.17, 15) is 0 Å². The Kier molecular flexibility index (Phi) is 5.63. The summed E-state index contributed by atoms with van der Waals surface area (Å²) in [5.41, 5.74) is 3.94. The number of hydrogen-bond donors (Lipinski definition) is 0. The molecule has 0 N–H and O–H groups in total. The highest BCUT2D eigenvalue weighted by molar-refractivity contribution is 5.63. The van der Waals surface area contributed by atoms with Gasteiger partial charge in [-0.05, 0) is 48.8 Å². The molecule has 0 fully saturated rings. The number of hydrogen-bond acceptors (Lipinski definition) is 0. The van der Waals surface area contributed by atoms with E-state index in [4.69, 9.17) is 0 Å². The van der Waals surface area contributed by atoms with Crippen LogP contribution in [0, 0.1) is 0 Å². The molecule has 86 valence electrons. The lowest BCUT2D eigenvalue weighted by Crippen LogP contribution is -1.86. The zero-order chi connectivity index (χ0) is 11.8. The van der Waals surface area contributed by atoms with Crippen molar-refractivity contribution in [1.29, 1.82) is 0 Å². The van der Waals surface area contributed by atoms with E-state index in [1.165, 1.54) is 29.5 Å². The van der Waals surface area contributed by atoms with Gasteiger partial charge in [-0.1, -0.05) is 43.8 Å². The fraction of sp³-hybridized carbons (Fsp3) is 0.375. The Labute approximate surface area is 99.7 Å². The number of aryl methyl sites for hydroxylation is 1. The SMILES string of the molecule is C=CCCCCC(=C)c1ccc(CC)cc1. The molecule has 0 aromatic heterocycles. The van der Waals surface area contributed by atoms with Crippen molar-refractivity contribution in [1.82, 2.24) is 0 Å². The van der Waals surface area contributed by atoms with Gasteiger partial charge in [0, 0.05) is 0 Å². The van der Waals surface area contributed by atoms with Gasteiger partial charge >= 0.3 is 0 Å². The van der Waals surface area contributed by atoms with Crippen LogP contribution in [0.4, 0.5) is 0 Å². The standard InChI is InChI=1S/C16H22/c1-4-6-7-8-9-14(3)16-12-10-15(5-2)11-13-16/h4,10-13H,1,3,5-9H2,2H3. The highest BCUT2D eigenvalue weighted by Gasteiger charge is 1.98. The average molecular weight is 214 g/mol. The van der Waals surface area contributed by atoms with Gasteiger partial charge in [-0.2, -0.15) is 0 Å². The minimum atomic E-state index is 1.10. The molecule has 0 aliphatic carbocycles. The molecule has 0 amide bonds. The van der Waals surface area contributed by atoms with E-state index >= 15 is 0 Å². The molecule has 0 aliphatic heterocycles. The third kappa shape index (κ3) is 4.06. The quantitative estimate of drug-likeness (QED) is 0.442. The number of benzene rings is 1. The highest BCUT2D eigenvalue weighted by Crippen LogP contribution is 2.19. The molecule has 0 spiro atoms. The zero-order valence-corrected chi connectivity index (χ0v) is 10.3. The summed E-state index contributed by atoms with van der Waals surface area (Å²) in [6, 6.07) is 8.78. The first-order valence-electron chi connectivity index (χ1n) is 6.16. The molecule has 0 heteroatoms. The fourth-order valence-electron chi connectivity index (χ4n) is 1.75. The minimum absolute atomic E-state index is 1.10. The Hall–Kier alpha value is -1.30. The third-order valence-corrected chi connectivity index (χ3v) is 2.91. The van der Waals surface area contributed by atoms with Gasteiger partial charge in [0.2, 0.25) is 0 Å². The van der Waals surface area contributed by atoms with E-state index in [-0.39, 0.29) is 0 Å².